The standard InChI is InChI=1S/C14H16FN3O/c1-9(2)14(19)12-5-16-18-8-11(3-4-13(12)18)17-6-10(15)7-17/h3-5,8-10H,6-7H2,1-2H3. The van der Waals surface area contributed by atoms with Crippen LogP contribution in [0.3, 0.4) is 0 Å². The van der Waals surface area contributed by atoms with Crippen molar-refractivity contribution in [3.05, 3.63) is 30.1 Å². The molecule has 19 heavy (non-hydrogen) atoms. The monoisotopic (exact) mass is 261 g/mol. The molecule has 4 nitrogen and oxygen atoms in total. The van der Waals surface area contributed by atoms with E-state index in [0.29, 0.717) is 18.7 Å². The van der Waals surface area contributed by atoms with Gasteiger partial charge >= 0.3 is 0 Å². The van der Waals surface area contributed by atoms with Gasteiger partial charge in [-0.3, -0.25) is 4.79 Å². The second kappa shape index (κ2) is 4.33. The molecule has 2 aromatic heterocycles. The van der Waals surface area contributed by atoms with Crippen molar-refractivity contribution in [2.45, 2.75) is 20.0 Å². The van der Waals surface area contributed by atoms with Crippen LogP contribution in [0.15, 0.2) is 24.5 Å². The first-order valence-corrected chi connectivity index (χ1v) is 6.47. The van der Waals surface area contributed by atoms with Crippen LogP contribution in [0.2, 0.25) is 0 Å². The summed E-state index contributed by atoms with van der Waals surface area (Å²) < 4.78 is 14.5. The Hall–Kier alpha value is -1.91. The fourth-order valence-corrected chi connectivity index (χ4v) is 2.30. The molecule has 2 aromatic rings. The van der Waals surface area contributed by atoms with E-state index in [1.165, 1.54) is 0 Å². The van der Waals surface area contributed by atoms with Gasteiger partial charge in [-0.1, -0.05) is 13.8 Å². The van der Waals surface area contributed by atoms with Crippen LogP contribution in [0.4, 0.5) is 10.1 Å². The quantitative estimate of drug-likeness (QED) is 0.796. The highest BCUT2D eigenvalue weighted by molar-refractivity contribution is 6.03. The number of carbonyl (C=O) groups is 1. The molecule has 5 heteroatoms. The van der Waals surface area contributed by atoms with Gasteiger partial charge in [0.15, 0.2) is 5.78 Å². The molecule has 1 aliphatic rings. The number of rotatable bonds is 3. The molecule has 0 radical (unpaired) electrons. The molecule has 0 atom stereocenters. The number of ketones is 1. The Morgan fingerprint density at radius 3 is 2.79 bits per heavy atom. The van der Waals surface area contributed by atoms with Crippen molar-refractivity contribution in [1.82, 2.24) is 9.61 Å². The Morgan fingerprint density at radius 2 is 2.16 bits per heavy atom. The van der Waals surface area contributed by atoms with E-state index in [1.54, 1.807) is 10.7 Å². The fraction of sp³-hybridized carbons (Fsp3) is 0.429. The van der Waals surface area contributed by atoms with Crippen LogP contribution in [-0.2, 0) is 0 Å². The number of aromatic nitrogens is 2. The largest absolute Gasteiger partial charge is 0.364 e. The molecule has 1 saturated heterocycles. The third-order valence-corrected chi connectivity index (χ3v) is 3.49. The minimum absolute atomic E-state index is 0.0460. The zero-order valence-electron chi connectivity index (χ0n) is 11.0. The molecule has 0 unspecified atom stereocenters. The van der Waals surface area contributed by atoms with Gasteiger partial charge < -0.3 is 4.90 Å². The lowest BCUT2D eigenvalue weighted by molar-refractivity contribution is 0.0941. The van der Waals surface area contributed by atoms with Gasteiger partial charge in [-0.15, -0.1) is 0 Å². The highest BCUT2D eigenvalue weighted by atomic mass is 19.1. The Balaban J connectivity index is 1.96. The van der Waals surface area contributed by atoms with Gasteiger partial charge in [-0.25, -0.2) is 8.91 Å². The molecule has 0 spiro atoms. The van der Waals surface area contributed by atoms with E-state index in [4.69, 9.17) is 0 Å². The highest BCUT2D eigenvalue weighted by Crippen LogP contribution is 2.24. The van der Waals surface area contributed by atoms with Crippen molar-refractivity contribution in [3.8, 4) is 0 Å². The lowest BCUT2D eigenvalue weighted by Crippen LogP contribution is -2.48. The molecule has 3 rings (SSSR count). The maximum absolute atomic E-state index is 12.9. The van der Waals surface area contributed by atoms with E-state index in [1.807, 2.05) is 37.1 Å². The lowest BCUT2D eigenvalue weighted by Gasteiger charge is -2.36. The van der Waals surface area contributed by atoms with Crippen LogP contribution in [0.5, 0.6) is 0 Å². The lowest BCUT2D eigenvalue weighted by atomic mass is 10.0. The number of fused-ring (bicyclic) bond motifs is 1. The first kappa shape index (κ1) is 12.1. The van der Waals surface area contributed by atoms with Gasteiger partial charge in [-0.2, -0.15) is 5.10 Å². The maximum atomic E-state index is 12.9. The normalized spacial score (nSPS) is 16.1. The number of halogens is 1. The molecule has 0 saturated carbocycles. The van der Waals surface area contributed by atoms with E-state index in [9.17, 15) is 9.18 Å². The SMILES string of the molecule is CC(C)C(=O)c1cnn2cc(N3CC(F)C3)ccc12. The van der Waals surface area contributed by atoms with E-state index < -0.39 is 6.17 Å². The van der Waals surface area contributed by atoms with Gasteiger partial charge in [0.25, 0.3) is 0 Å². The summed E-state index contributed by atoms with van der Waals surface area (Å²) in [5.74, 6) is 0.0471. The van der Waals surface area contributed by atoms with Gasteiger partial charge in [0, 0.05) is 5.92 Å². The topological polar surface area (TPSA) is 37.6 Å². The van der Waals surface area contributed by atoms with Crippen molar-refractivity contribution in [3.63, 3.8) is 0 Å². The minimum atomic E-state index is -0.730. The number of pyridine rings is 1. The first-order chi connectivity index (χ1) is 9.06. The summed E-state index contributed by atoms with van der Waals surface area (Å²) in [5, 5.41) is 4.22. The van der Waals surface area contributed by atoms with Crippen LogP contribution in [-0.4, -0.2) is 34.7 Å². The Labute approximate surface area is 110 Å². The maximum Gasteiger partial charge on any atom is 0.169 e. The van der Waals surface area contributed by atoms with Gasteiger partial charge in [-0.05, 0) is 12.1 Å². The summed E-state index contributed by atoms with van der Waals surface area (Å²) in [6, 6.07) is 3.80. The van der Waals surface area contributed by atoms with Gasteiger partial charge in [0.1, 0.15) is 6.17 Å². The number of anilines is 1. The summed E-state index contributed by atoms with van der Waals surface area (Å²) in [7, 11) is 0. The third-order valence-electron chi connectivity index (χ3n) is 3.49. The zero-order chi connectivity index (χ0) is 13.6. The summed E-state index contributed by atoms with van der Waals surface area (Å²) >= 11 is 0. The van der Waals surface area contributed by atoms with Crippen LogP contribution < -0.4 is 4.90 Å². The average molecular weight is 261 g/mol. The van der Waals surface area contributed by atoms with Crippen LogP contribution >= 0.6 is 0 Å². The van der Waals surface area contributed by atoms with Crippen molar-refractivity contribution in [2.75, 3.05) is 18.0 Å². The second-order valence-electron chi connectivity index (χ2n) is 5.30. The fourth-order valence-electron chi connectivity index (χ4n) is 2.30. The molecule has 0 aromatic carbocycles. The molecular formula is C14H16FN3O. The van der Waals surface area contributed by atoms with Crippen molar-refractivity contribution >= 4 is 17.0 Å². The van der Waals surface area contributed by atoms with Crippen LogP contribution in [0.1, 0.15) is 24.2 Å². The number of alkyl halides is 1. The summed E-state index contributed by atoms with van der Waals surface area (Å²) in [4.78, 5) is 14.0. The van der Waals surface area contributed by atoms with E-state index >= 15 is 0 Å². The predicted octanol–water partition coefficient (Wildman–Crippen LogP) is 2.33. The molecule has 100 valence electrons. The van der Waals surface area contributed by atoms with E-state index in [0.717, 1.165) is 11.2 Å². The summed E-state index contributed by atoms with van der Waals surface area (Å²) in [6.45, 7) is 4.62. The van der Waals surface area contributed by atoms with Crippen molar-refractivity contribution in [2.24, 2.45) is 5.92 Å². The molecule has 1 fully saturated rings. The molecule has 3 heterocycles. The number of Topliss-reactive ketones (excluding diaryl/α,β-unsaturated/α-hetero) is 1. The Morgan fingerprint density at radius 1 is 1.42 bits per heavy atom. The first-order valence-electron chi connectivity index (χ1n) is 6.47. The van der Waals surface area contributed by atoms with E-state index in [2.05, 4.69) is 5.10 Å². The van der Waals surface area contributed by atoms with Crippen molar-refractivity contribution in [1.29, 1.82) is 0 Å². The summed E-state index contributed by atoms with van der Waals surface area (Å²) in [6.07, 6.45) is 2.72. The number of carbonyl (C=O) groups excluding carboxylic acids is 1. The minimum Gasteiger partial charge on any atom is -0.364 e. The molecule has 0 N–H and O–H groups in total. The number of nitrogens with zero attached hydrogens (tertiary/aromatic N) is 3. The average Bonchev–Trinajstić information content (AvgIpc) is 2.76. The predicted molar refractivity (Wildman–Crippen MR) is 71.5 cm³/mol. The second-order valence-corrected chi connectivity index (χ2v) is 5.30. The third kappa shape index (κ3) is 1.99. The molecule has 0 aliphatic carbocycles. The zero-order valence-corrected chi connectivity index (χ0v) is 11.0. The highest BCUT2D eigenvalue weighted by Gasteiger charge is 2.26. The molecule has 0 amide bonds. The molecule has 1 aliphatic heterocycles. The van der Waals surface area contributed by atoms with Gasteiger partial charge in [0.2, 0.25) is 0 Å². The van der Waals surface area contributed by atoms with Crippen molar-refractivity contribution < 1.29 is 9.18 Å². The smallest absolute Gasteiger partial charge is 0.169 e. The Kier molecular flexibility index (Phi) is 2.77. The van der Waals surface area contributed by atoms with Crippen LogP contribution in [0.25, 0.3) is 5.52 Å². The summed E-state index contributed by atoms with van der Waals surface area (Å²) in [5.41, 5.74) is 2.39. The molecular weight excluding hydrogens is 245 g/mol. The van der Waals surface area contributed by atoms with E-state index in [-0.39, 0.29) is 11.7 Å². The Bertz CT molecular complexity index is 629. The molecule has 0 bridgehead atoms. The number of hydrogen-bond donors (Lipinski definition) is 0. The van der Waals surface area contributed by atoms with Crippen LogP contribution in [0, 0.1) is 5.92 Å². The number of hydrogen-bond acceptors (Lipinski definition) is 3. The van der Waals surface area contributed by atoms with Gasteiger partial charge in [0.05, 0.1) is 42.3 Å².